The molecule has 3 aliphatic heterocycles. The molecule has 0 aromatic carbocycles. The minimum absolute atomic E-state index is 0.123. The van der Waals surface area contributed by atoms with Gasteiger partial charge < -0.3 is 14.5 Å². The van der Waals surface area contributed by atoms with Gasteiger partial charge in [0.05, 0.1) is 30.2 Å². The zero-order valence-electron chi connectivity index (χ0n) is 20.5. The number of carbonyl (C=O) groups is 1. The minimum atomic E-state index is 0.123. The van der Waals surface area contributed by atoms with Crippen LogP contribution in [0.15, 0.2) is 30.6 Å². The lowest BCUT2D eigenvalue weighted by atomic mass is 9.99. The maximum atomic E-state index is 12.2. The van der Waals surface area contributed by atoms with Gasteiger partial charge >= 0.3 is 0 Å². The van der Waals surface area contributed by atoms with Crippen LogP contribution in [0.25, 0.3) is 11.3 Å². The Morgan fingerprint density at radius 2 is 1.94 bits per heavy atom. The van der Waals surface area contributed by atoms with Gasteiger partial charge in [-0.05, 0) is 56.4 Å². The maximum Gasteiger partial charge on any atom is 0.219 e. The Kier molecular flexibility index (Phi) is 5.76. The number of pyridine rings is 2. The summed E-state index contributed by atoms with van der Waals surface area (Å²) < 4.78 is 7.88. The van der Waals surface area contributed by atoms with Crippen molar-refractivity contribution in [1.29, 1.82) is 0 Å². The van der Waals surface area contributed by atoms with Crippen LogP contribution >= 0.6 is 0 Å². The van der Waals surface area contributed by atoms with E-state index < -0.39 is 0 Å². The van der Waals surface area contributed by atoms with Gasteiger partial charge in [0.1, 0.15) is 0 Å². The van der Waals surface area contributed by atoms with E-state index in [9.17, 15) is 4.79 Å². The highest BCUT2D eigenvalue weighted by Crippen LogP contribution is 2.40. The smallest absolute Gasteiger partial charge is 0.219 e. The molecule has 3 aliphatic rings. The molecular weight excluding hydrogens is 440 g/mol. The summed E-state index contributed by atoms with van der Waals surface area (Å²) >= 11 is 0. The molecule has 1 fully saturated rings. The molecule has 6 heterocycles. The van der Waals surface area contributed by atoms with Crippen LogP contribution in [0.1, 0.15) is 54.7 Å². The summed E-state index contributed by atoms with van der Waals surface area (Å²) in [5.41, 5.74) is 7.88. The number of ether oxygens (including phenoxy) is 1. The van der Waals surface area contributed by atoms with Gasteiger partial charge in [-0.25, -0.2) is 0 Å². The van der Waals surface area contributed by atoms with E-state index in [1.165, 1.54) is 16.8 Å². The summed E-state index contributed by atoms with van der Waals surface area (Å²) in [4.78, 5) is 25.8. The summed E-state index contributed by atoms with van der Waals surface area (Å²) in [6, 6.07) is 6.67. The Bertz CT molecular complexity index is 1250. The number of fused-ring (bicyclic) bond motifs is 2. The van der Waals surface area contributed by atoms with Crippen LogP contribution < -0.4 is 4.90 Å². The normalized spacial score (nSPS) is 18.3. The van der Waals surface area contributed by atoms with Crippen LogP contribution in [-0.4, -0.2) is 56.9 Å². The standard InChI is InChI=1S/C27H32N6O2/c1-18-5-6-21(15-28-18)24-14-20-4-3-10-32(26(20)16-29-24)27-23-17-31(19(2)34)11-7-25(23)33(30-27)22-8-12-35-13-9-22/h5-6,14-16,22H,3-4,7-13,17H2,1-2H3. The van der Waals surface area contributed by atoms with Gasteiger partial charge in [-0.15, -0.1) is 0 Å². The molecule has 0 unspecified atom stereocenters. The molecule has 8 heteroatoms. The third-order valence-electron chi connectivity index (χ3n) is 7.59. The summed E-state index contributed by atoms with van der Waals surface area (Å²) in [5.74, 6) is 1.11. The molecule has 0 N–H and O–H groups in total. The van der Waals surface area contributed by atoms with Crippen molar-refractivity contribution in [3.63, 3.8) is 0 Å². The van der Waals surface area contributed by atoms with Gasteiger partial charge in [-0.3, -0.25) is 19.4 Å². The van der Waals surface area contributed by atoms with E-state index in [4.69, 9.17) is 14.8 Å². The first kappa shape index (κ1) is 22.2. The molecule has 3 aromatic rings. The molecule has 1 saturated heterocycles. The zero-order valence-corrected chi connectivity index (χ0v) is 20.5. The van der Waals surface area contributed by atoms with Gasteiger partial charge in [0.15, 0.2) is 5.82 Å². The lowest BCUT2D eigenvalue weighted by molar-refractivity contribution is -0.129. The van der Waals surface area contributed by atoms with Crippen LogP contribution in [0, 0.1) is 6.92 Å². The molecule has 0 radical (unpaired) electrons. The van der Waals surface area contributed by atoms with E-state index in [1.54, 1.807) is 6.92 Å². The number of aromatic nitrogens is 4. The molecule has 0 saturated carbocycles. The SMILES string of the molecule is CC(=O)N1CCc2c(c(N3CCCc4cc(-c5ccc(C)nc5)ncc43)nn2C2CCOCC2)C1. The number of amides is 1. The molecule has 1 amide bonds. The molecule has 0 atom stereocenters. The lowest BCUT2D eigenvalue weighted by Crippen LogP contribution is -2.36. The molecule has 0 aliphatic carbocycles. The fourth-order valence-electron chi connectivity index (χ4n) is 5.62. The third-order valence-corrected chi connectivity index (χ3v) is 7.59. The number of carbonyl (C=O) groups excluding carboxylic acids is 1. The first-order valence-electron chi connectivity index (χ1n) is 12.7. The van der Waals surface area contributed by atoms with Crippen LogP contribution in [0.3, 0.4) is 0 Å². The van der Waals surface area contributed by atoms with Gasteiger partial charge in [-0.1, -0.05) is 0 Å². The average Bonchev–Trinajstić information content (AvgIpc) is 3.27. The average molecular weight is 473 g/mol. The van der Waals surface area contributed by atoms with E-state index in [-0.39, 0.29) is 5.91 Å². The van der Waals surface area contributed by atoms with Crippen LogP contribution in [-0.2, 0) is 28.9 Å². The van der Waals surface area contributed by atoms with Crippen LogP contribution in [0.5, 0.6) is 0 Å². The molecule has 0 spiro atoms. The van der Waals surface area contributed by atoms with E-state index in [0.717, 1.165) is 86.9 Å². The third kappa shape index (κ3) is 4.10. The first-order valence-corrected chi connectivity index (χ1v) is 12.7. The van der Waals surface area contributed by atoms with Crippen molar-refractivity contribution >= 4 is 17.4 Å². The lowest BCUT2D eigenvalue weighted by Gasteiger charge is -2.32. The Labute approximate surface area is 205 Å². The maximum absolute atomic E-state index is 12.2. The Balaban J connectivity index is 1.40. The summed E-state index contributed by atoms with van der Waals surface area (Å²) in [6.07, 6.45) is 8.77. The summed E-state index contributed by atoms with van der Waals surface area (Å²) in [7, 11) is 0. The number of rotatable bonds is 3. The first-order chi connectivity index (χ1) is 17.1. The zero-order chi connectivity index (χ0) is 23.9. The van der Waals surface area contributed by atoms with Crippen molar-refractivity contribution in [2.75, 3.05) is 31.2 Å². The van der Waals surface area contributed by atoms with Gasteiger partial charge in [0, 0.05) is 68.4 Å². The molecule has 182 valence electrons. The van der Waals surface area contributed by atoms with Crippen LogP contribution in [0.4, 0.5) is 11.5 Å². The largest absolute Gasteiger partial charge is 0.381 e. The summed E-state index contributed by atoms with van der Waals surface area (Å²) in [5, 5.41) is 5.23. The van der Waals surface area contributed by atoms with Crippen molar-refractivity contribution in [2.45, 2.75) is 58.5 Å². The number of nitrogens with zero attached hydrogens (tertiary/aromatic N) is 6. The Morgan fingerprint density at radius 3 is 2.71 bits per heavy atom. The highest BCUT2D eigenvalue weighted by molar-refractivity contribution is 5.75. The predicted molar refractivity (Wildman–Crippen MR) is 134 cm³/mol. The highest BCUT2D eigenvalue weighted by atomic mass is 16.5. The highest BCUT2D eigenvalue weighted by Gasteiger charge is 2.33. The molecule has 3 aromatic heterocycles. The predicted octanol–water partition coefficient (Wildman–Crippen LogP) is 3.99. The Hall–Kier alpha value is -3.26. The van der Waals surface area contributed by atoms with Gasteiger partial charge in [0.25, 0.3) is 0 Å². The van der Waals surface area contributed by atoms with E-state index in [1.807, 2.05) is 30.3 Å². The van der Waals surface area contributed by atoms with Crippen molar-refractivity contribution in [3.05, 3.63) is 53.1 Å². The minimum Gasteiger partial charge on any atom is -0.381 e. The van der Waals surface area contributed by atoms with E-state index >= 15 is 0 Å². The second-order valence-corrected chi connectivity index (χ2v) is 9.87. The van der Waals surface area contributed by atoms with Crippen molar-refractivity contribution in [2.24, 2.45) is 0 Å². The summed E-state index contributed by atoms with van der Waals surface area (Å²) in [6.45, 7) is 7.49. The van der Waals surface area contributed by atoms with E-state index in [2.05, 4.69) is 26.7 Å². The molecular formula is C27H32N6O2. The second kappa shape index (κ2) is 9.07. The number of anilines is 2. The molecule has 8 nitrogen and oxygen atoms in total. The van der Waals surface area contributed by atoms with Crippen molar-refractivity contribution in [1.82, 2.24) is 24.6 Å². The quantitative estimate of drug-likeness (QED) is 0.574. The number of aryl methyl sites for hydroxylation is 2. The fraction of sp³-hybridized carbons (Fsp3) is 0.481. The van der Waals surface area contributed by atoms with Crippen LogP contribution in [0.2, 0.25) is 0 Å². The van der Waals surface area contributed by atoms with Crippen molar-refractivity contribution in [3.8, 4) is 11.3 Å². The number of hydrogen-bond donors (Lipinski definition) is 0. The molecule has 0 bridgehead atoms. The fourth-order valence-corrected chi connectivity index (χ4v) is 5.62. The van der Waals surface area contributed by atoms with Gasteiger partial charge in [-0.2, -0.15) is 5.10 Å². The van der Waals surface area contributed by atoms with Gasteiger partial charge in [0.2, 0.25) is 5.91 Å². The monoisotopic (exact) mass is 472 g/mol. The number of hydrogen-bond acceptors (Lipinski definition) is 6. The molecule has 6 rings (SSSR count). The molecule has 35 heavy (non-hydrogen) atoms. The van der Waals surface area contributed by atoms with Crippen molar-refractivity contribution < 1.29 is 9.53 Å². The Morgan fingerprint density at radius 1 is 1.09 bits per heavy atom. The topological polar surface area (TPSA) is 76.4 Å². The second-order valence-electron chi connectivity index (χ2n) is 9.87. The van der Waals surface area contributed by atoms with E-state index in [0.29, 0.717) is 12.6 Å².